The zero-order valence-corrected chi connectivity index (χ0v) is 16.6. The molecule has 0 aliphatic rings. The number of hydrogen-bond acceptors (Lipinski definition) is 1. The zero-order chi connectivity index (χ0) is 22.3. The maximum absolute atomic E-state index is 13.8. The van der Waals surface area contributed by atoms with Crippen LogP contribution in [-0.2, 0) is 18.8 Å². The van der Waals surface area contributed by atoms with Gasteiger partial charge >= 0.3 is 12.4 Å². The fourth-order valence-corrected chi connectivity index (χ4v) is 3.85. The molecule has 0 unspecified atom stereocenters. The number of fused-ring (bicyclic) bond motifs is 1. The summed E-state index contributed by atoms with van der Waals surface area (Å²) in [5.41, 5.74) is 5.99. The highest BCUT2D eigenvalue weighted by Crippen LogP contribution is 2.44. The summed E-state index contributed by atoms with van der Waals surface area (Å²) >= 11 is 0. The molecule has 30 heavy (non-hydrogen) atoms. The molecule has 0 saturated carbocycles. The Labute approximate surface area is 170 Å². The lowest BCUT2D eigenvalue weighted by Gasteiger charge is -2.14. The van der Waals surface area contributed by atoms with E-state index >= 15 is 0 Å². The largest absolute Gasteiger partial charge is 0.417 e. The number of nitrogens with two attached hydrogens (primary N) is 1. The second-order valence-electron chi connectivity index (χ2n) is 7.54. The monoisotopic (exact) mass is 428 g/mol. The molecular weight excluding hydrogens is 406 g/mol. The van der Waals surface area contributed by atoms with Gasteiger partial charge in [0.05, 0.1) is 11.1 Å². The number of hydrogen-bond donors (Lipinski definition) is 2. The molecule has 8 heteroatoms. The molecule has 1 heterocycles. The van der Waals surface area contributed by atoms with Crippen molar-refractivity contribution in [1.29, 1.82) is 0 Å². The number of aryl methyl sites for hydroxylation is 3. The fraction of sp³-hybridized carbons (Fsp3) is 0.364. The van der Waals surface area contributed by atoms with Crippen molar-refractivity contribution in [2.24, 2.45) is 5.73 Å². The van der Waals surface area contributed by atoms with Crippen molar-refractivity contribution in [1.82, 2.24) is 4.98 Å². The number of benzene rings is 2. The van der Waals surface area contributed by atoms with Gasteiger partial charge < -0.3 is 10.7 Å². The molecule has 0 aliphatic carbocycles. The van der Waals surface area contributed by atoms with E-state index in [0.717, 1.165) is 17.2 Å². The van der Waals surface area contributed by atoms with Gasteiger partial charge in [0, 0.05) is 16.6 Å². The van der Waals surface area contributed by atoms with Crippen LogP contribution in [0.15, 0.2) is 30.3 Å². The standard InChI is InChI=1S/C22H22F6N2/c1-12-7-13(2)9-14(8-12)20-16(5-3-4-6-29)19-17(22(26,27)28)10-15(21(23,24)25)11-18(19)30-20/h7-11,30H,3-6,29H2,1-2H3. The summed E-state index contributed by atoms with van der Waals surface area (Å²) in [4.78, 5) is 2.86. The molecule has 1 aromatic heterocycles. The Balaban J connectivity index is 2.37. The number of alkyl halides is 6. The van der Waals surface area contributed by atoms with Crippen molar-refractivity contribution in [3.8, 4) is 11.3 Å². The Morgan fingerprint density at radius 1 is 0.833 bits per heavy atom. The SMILES string of the molecule is Cc1cc(C)cc(-c2[nH]c3cc(C(F)(F)F)cc(C(F)(F)F)c3c2CCCCN)c1. The van der Waals surface area contributed by atoms with Crippen LogP contribution in [0.3, 0.4) is 0 Å². The molecular formula is C22H22F6N2. The predicted molar refractivity (Wildman–Crippen MR) is 105 cm³/mol. The van der Waals surface area contributed by atoms with Crippen LogP contribution in [0.1, 0.15) is 40.7 Å². The van der Waals surface area contributed by atoms with Gasteiger partial charge in [0.1, 0.15) is 0 Å². The van der Waals surface area contributed by atoms with Crippen molar-refractivity contribution < 1.29 is 26.3 Å². The predicted octanol–water partition coefficient (Wildman–Crippen LogP) is 6.77. The van der Waals surface area contributed by atoms with E-state index in [1.807, 2.05) is 32.0 Å². The third kappa shape index (κ3) is 4.48. The van der Waals surface area contributed by atoms with Gasteiger partial charge in [0.25, 0.3) is 0 Å². The van der Waals surface area contributed by atoms with Crippen molar-refractivity contribution in [2.45, 2.75) is 45.5 Å². The smallest absolute Gasteiger partial charge is 0.354 e. The number of H-pyrrole nitrogens is 1. The van der Waals surface area contributed by atoms with Crippen LogP contribution >= 0.6 is 0 Å². The molecule has 0 bridgehead atoms. The summed E-state index contributed by atoms with van der Waals surface area (Å²) in [5, 5.41) is -0.207. The Kier molecular flexibility index (Phi) is 5.91. The van der Waals surface area contributed by atoms with Gasteiger partial charge in [0.2, 0.25) is 0 Å². The van der Waals surface area contributed by atoms with Crippen LogP contribution in [0.2, 0.25) is 0 Å². The average Bonchev–Trinajstić information content (AvgIpc) is 2.97. The molecule has 2 aromatic carbocycles. The molecule has 0 radical (unpaired) electrons. The topological polar surface area (TPSA) is 41.8 Å². The first-order valence-corrected chi connectivity index (χ1v) is 9.53. The summed E-state index contributed by atoms with van der Waals surface area (Å²) in [7, 11) is 0. The lowest BCUT2D eigenvalue weighted by atomic mass is 9.95. The summed E-state index contributed by atoms with van der Waals surface area (Å²) < 4.78 is 81.2. The second-order valence-corrected chi connectivity index (χ2v) is 7.54. The molecule has 0 spiro atoms. The Bertz CT molecular complexity index is 1040. The zero-order valence-electron chi connectivity index (χ0n) is 16.6. The number of nitrogens with one attached hydrogen (secondary N) is 1. The lowest BCUT2D eigenvalue weighted by Crippen LogP contribution is -2.11. The van der Waals surface area contributed by atoms with E-state index in [9.17, 15) is 26.3 Å². The van der Waals surface area contributed by atoms with Crippen LogP contribution < -0.4 is 5.73 Å². The quantitative estimate of drug-likeness (QED) is 0.342. The molecule has 3 N–H and O–H groups in total. The van der Waals surface area contributed by atoms with E-state index in [4.69, 9.17) is 5.73 Å². The number of halogens is 6. The van der Waals surface area contributed by atoms with E-state index in [-0.39, 0.29) is 23.4 Å². The van der Waals surface area contributed by atoms with E-state index in [0.29, 0.717) is 36.2 Å². The average molecular weight is 428 g/mol. The first-order valence-electron chi connectivity index (χ1n) is 9.53. The third-order valence-electron chi connectivity index (χ3n) is 5.03. The third-order valence-corrected chi connectivity index (χ3v) is 5.03. The van der Waals surface area contributed by atoms with Crippen LogP contribution in [0.4, 0.5) is 26.3 Å². The number of aromatic nitrogens is 1. The maximum atomic E-state index is 13.8. The number of unbranched alkanes of at least 4 members (excludes halogenated alkanes) is 1. The highest BCUT2D eigenvalue weighted by Gasteiger charge is 2.39. The van der Waals surface area contributed by atoms with Gasteiger partial charge in [-0.2, -0.15) is 26.3 Å². The second kappa shape index (κ2) is 7.98. The van der Waals surface area contributed by atoms with Crippen LogP contribution in [0.5, 0.6) is 0 Å². The summed E-state index contributed by atoms with van der Waals surface area (Å²) in [6.45, 7) is 4.10. The van der Waals surface area contributed by atoms with E-state index < -0.39 is 23.5 Å². The highest BCUT2D eigenvalue weighted by atomic mass is 19.4. The van der Waals surface area contributed by atoms with Crippen molar-refractivity contribution in [3.63, 3.8) is 0 Å². The Hall–Kier alpha value is -2.48. The fourth-order valence-electron chi connectivity index (χ4n) is 3.85. The number of rotatable bonds is 5. The molecule has 0 amide bonds. The normalized spacial score (nSPS) is 12.7. The Morgan fingerprint density at radius 3 is 2.00 bits per heavy atom. The maximum Gasteiger partial charge on any atom is 0.417 e. The highest BCUT2D eigenvalue weighted by molar-refractivity contribution is 5.94. The summed E-state index contributed by atoms with van der Waals surface area (Å²) in [5.74, 6) is 0. The van der Waals surface area contributed by atoms with Gasteiger partial charge in [-0.1, -0.05) is 17.2 Å². The van der Waals surface area contributed by atoms with Gasteiger partial charge in [-0.3, -0.25) is 0 Å². The van der Waals surface area contributed by atoms with Crippen molar-refractivity contribution >= 4 is 10.9 Å². The molecule has 3 aromatic rings. The molecule has 2 nitrogen and oxygen atoms in total. The molecule has 162 valence electrons. The summed E-state index contributed by atoms with van der Waals surface area (Å²) in [6.07, 6.45) is -8.42. The van der Waals surface area contributed by atoms with Crippen LogP contribution in [-0.4, -0.2) is 11.5 Å². The van der Waals surface area contributed by atoms with Crippen molar-refractivity contribution in [2.75, 3.05) is 6.54 Å². The molecule has 0 saturated heterocycles. The van der Waals surface area contributed by atoms with Gasteiger partial charge in [0.15, 0.2) is 0 Å². The Morgan fingerprint density at radius 2 is 1.47 bits per heavy atom. The van der Waals surface area contributed by atoms with Gasteiger partial charge in [-0.25, -0.2) is 0 Å². The minimum atomic E-state index is -4.93. The lowest BCUT2D eigenvalue weighted by molar-refractivity contribution is -0.142. The van der Waals surface area contributed by atoms with E-state index in [1.165, 1.54) is 0 Å². The van der Waals surface area contributed by atoms with Crippen LogP contribution in [0.25, 0.3) is 22.2 Å². The minimum Gasteiger partial charge on any atom is -0.354 e. The van der Waals surface area contributed by atoms with Crippen LogP contribution in [0, 0.1) is 13.8 Å². The molecule has 3 rings (SSSR count). The first kappa shape index (κ1) is 22.2. The first-order chi connectivity index (χ1) is 13.9. The summed E-state index contributed by atoms with van der Waals surface area (Å²) in [6, 6.07) is 6.49. The van der Waals surface area contributed by atoms with Gasteiger partial charge in [-0.15, -0.1) is 0 Å². The van der Waals surface area contributed by atoms with E-state index in [2.05, 4.69) is 4.98 Å². The van der Waals surface area contributed by atoms with Crippen molar-refractivity contribution in [3.05, 3.63) is 58.1 Å². The molecule has 0 fully saturated rings. The molecule has 0 aliphatic heterocycles. The number of aromatic amines is 1. The van der Waals surface area contributed by atoms with E-state index in [1.54, 1.807) is 0 Å². The minimum absolute atomic E-state index is 0.172. The van der Waals surface area contributed by atoms with Gasteiger partial charge in [-0.05, 0) is 75.0 Å². The molecule has 0 atom stereocenters.